The number of rotatable bonds is 4. The van der Waals surface area contributed by atoms with Crippen molar-refractivity contribution in [3.63, 3.8) is 0 Å². The molecule has 0 saturated carbocycles. The van der Waals surface area contributed by atoms with Gasteiger partial charge < -0.3 is 10.2 Å². The van der Waals surface area contributed by atoms with Crippen molar-refractivity contribution >= 4 is 27.7 Å². The normalized spacial score (nSPS) is 10.2. The van der Waals surface area contributed by atoms with Gasteiger partial charge in [-0.3, -0.25) is 4.79 Å². The second kappa shape index (κ2) is 6.47. The van der Waals surface area contributed by atoms with Gasteiger partial charge in [0.05, 0.1) is 0 Å². The number of nitrogens with zero attached hydrogens (tertiary/aromatic N) is 3. The summed E-state index contributed by atoms with van der Waals surface area (Å²) in [6.07, 6.45) is 0. The summed E-state index contributed by atoms with van der Waals surface area (Å²) in [4.78, 5) is 13.8. The van der Waals surface area contributed by atoms with Crippen LogP contribution >= 0.6 is 15.9 Å². The predicted molar refractivity (Wildman–Crippen MR) is 81.5 cm³/mol. The highest BCUT2D eigenvalue weighted by Crippen LogP contribution is 2.13. The molecule has 0 aliphatic heterocycles. The largest absolute Gasteiger partial charge is 0.372 e. The number of carbonyl (C=O) groups excluding carboxylic acids is 1. The zero-order valence-corrected chi connectivity index (χ0v) is 12.9. The Morgan fingerprint density at radius 2 is 1.90 bits per heavy atom. The highest BCUT2D eigenvalue weighted by molar-refractivity contribution is 9.10. The zero-order valence-electron chi connectivity index (χ0n) is 11.3. The van der Waals surface area contributed by atoms with Gasteiger partial charge in [0.25, 0.3) is 5.91 Å². The number of aromatic nitrogens is 2. The molecule has 104 valence electrons. The van der Waals surface area contributed by atoms with Gasteiger partial charge in [-0.2, -0.15) is 0 Å². The third-order valence-corrected chi connectivity index (χ3v) is 3.35. The summed E-state index contributed by atoms with van der Waals surface area (Å²) in [6, 6.07) is 11.3. The van der Waals surface area contributed by atoms with Crippen LogP contribution in [0.2, 0.25) is 0 Å². The average molecular weight is 335 g/mol. The summed E-state index contributed by atoms with van der Waals surface area (Å²) in [5, 5.41) is 10.7. The molecule has 0 unspecified atom stereocenters. The fourth-order valence-corrected chi connectivity index (χ4v) is 1.98. The van der Waals surface area contributed by atoms with Crippen LogP contribution in [0.3, 0.4) is 0 Å². The van der Waals surface area contributed by atoms with E-state index < -0.39 is 0 Å². The number of halogens is 1. The summed E-state index contributed by atoms with van der Waals surface area (Å²) >= 11 is 3.39. The van der Waals surface area contributed by atoms with Crippen molar-refractivity contribution in [1.29, 1.82) is 0 Å². The number of hydrogen-bond donors (Lipinski definition) is 1. The number of benzene rings is 1. The first-order chi connectivity index (χ1) is 9.60. The zero-order chi connectivity index (χ0) is 14.5. The standard InChI is InChI=1S/C14H15BrN4O/c1-16-13-8-7-12(17-18-13)14(20)19(2)9-10-3-5-11(15)6-4-10/h3-8H,9H2,1-2H3,(H,16,18). The van der Waals surface area contributed by atoms with E-state index in [-0.39, 0.29) is 5.91 Å². The van der Waals surface area contributed by atoms with Crippen molar-refractivity contribution in [3.8, 4) is 0 Å². The molecule has 20 heavy (non-hydrogen) atoms. The van der Waals surface area contributed by atoms with Gasteiger partial charge in [-0.25, -0.2) is 0 Å². The molecule has 1 heterocycles. The van der Waals surface area contributed by atoms with E-state index in [2.05, 4.69) is 31.4 Å². The van der Waals surface area contributed by atoms with E-state index in [1.165, 1.54) is 0 Å². The van der Waals surface area contributed by atoms with Crippen molar-refractivity contribution in [2.75, 3.05) is 19.4 Å². The van der Waals surface area contributed by atoms with Gasteiger partial charge in [-0.15, -0.1) is 10.2 Å². The summed E-state index contributed by atoms with van der Waals surface area (Å²) < 4.78 is 1.02. The molecule has 0 spiro atoms. The Morgan fingerprint density at radius 3 is 2.45 bits per heavy atom. The molecular formula is C14H15BrN4O. The lowest BCUT2D eigenvalue weighted by atomic mass is 10.2. The van der Waals surface area contributed by atoms with Gasteiger partial charge >= 0.3 is 0 Å². The van der Waals surface area contributed by atoms with Crippen LogP contribution in [0.4, 0.5) is 5.82 Å². The van der Waals surface area contributed by atoms with Crippen molar-refractivity contribution in [1.82, 2.24) is 15.1 Å². The quantitative estimate of drug-likeness (QED) is 0.933. The Labute approximate surface area is 126 Å². The first kappa shape index (κ1) is 14.5. The van der Waals surface area contributed by atoms with E-state index in [1.54, 1.807) is 31.1 Å². The highest BCUT2D eigenvalue weighted by atomic mass is 79.9. The fraction of sp³-hybridized carbons (Fsp3) is 0.214. The topological polar surface area (TPSA) is 58.1 Å². The van der Waals surface area contributed by atoms with Crippen molar-refractivity contribution in [2.24, 2.45) is 0 Å². The lowest BCUT2D eigenvalue weighted by Gasteiger charge is -2.16. The SMILES string of the molecule is CNc1ccc(C(=O)N(C)Cc2ccc(Br)cc2)nn1. The lowest BCUT2D eigenvalue weighted by molar-refractivity contribution is 0.0778. The average Bonchev–Trinajstić information content (AvgIpc) is 2.49. The van der Waals surface area contributed by atoms with E-state index in [0.717, 1.165) is 10.0 Å². The molecule has 0 saturated heterocycles. The Bertz CT molecular complexity index is 583. The van der Waals surface area contributed by atoms with Gasteiger partial charge in [0.2, 0.25) is 0 Å². The third-order valence-electron chi connectivity index (χ3n) is 2.82. The molecule has 0 radical (unpaired) electrons. The Kier molecular flexibility index (Phi) is 4.68. The smallest absolute Gasteiger partial charge is 0.274 e. The molecular weight excluding hydrogens is 320 g/mol. The molecule has 1 N–H and O–H groups in total. The van der Waals surface area contributed by atoms with Crippen LogP contribution in [0.15, 0.2) is 40.9 Å². The van der Waals surface area contributed by atoms with Crippen molar-refractivity contribution < 1.29 is 4.79 Å². The molecule has 0 aliphatic rings. The van der Waals surface area contributed by atoms with Crippen LogP contribution in [0, 0.1) is 0 Å². The highest BCUT2D eigenvalue weighted by Gasteiger charge is 2.14. The number of carbonyl (C=O) groups is 1. The Hall–Kier alpha value is -1.95. The minimum atomic E-state index is -0.150. The van der Waals surface area contributed by atoms with Crippen LogP contribution in [0.5, 0.6) is 0 Å². The van der Waals surface area contributed by atoms with Crippen LogP contribution in [-0.2, 0) is 6.54 Å². The third kappa shape index (κ3) is 3.54. The van der Waals surface area contributed by atoms with Crippen LogP contribution < -0.4 is 5.32 Å². The minimum absolute atomic E-state index is 0.150. The molecule has 0 aliphatic carbocycles. The van der Waals surface area contributed by atoms with Crippen LogP contribution in [-0.4, -0.2) is 35.1 Å². The maximum absolute atomic E-state index is 12.2. The second-order valence-electron chi connectivity index (χ2n) is 4.34. The molecule has 1 aromatic heterocycles. The molecule has 2 rings (SSSR count). The molecule has 1 amide bonds. The molecule has 0 fully saturated rings. The van der Waals surface area contributed by atoms with Crippen LogP contribution in [0.25, 0.3) is 0 Å². The summed E-state index contributed by atoms with van der Waals surface area (Å²) in [5.74, 6) is 0.486. The number of hydrogen-bond acceptors (Lipinski definition) is 4. The van der Waals surface area contributed by atoms with E-state index in [0.29, 0.717) is 18.1 Å². The molecule has 1 aromatic carbocycles. The van der Waals surface area contributed by atoms with Gasteiger partial charge in [-0.1, -0.05) is 28.1 Å². The summed E-state index contributed by atoms with van der Waals surface area (Å²) in [5.41, 5.74) is 1.40. The van der Waals surface area contributed by atoms with Gasteiger partial charge in [0.15, 0.2) is 5.69 Å². The fourth-order valence-electron chi connectivity index (χ4n) is 1.71. The molecule has 0 atom stereocenters. The van der Waals surface area contributed by atoms with Gasteiger partial charge in [0.1, 0.15) is 5.82 Å². The Morgan fingerprint density at radius 1 is 1.20 bits per heavy atom. The number of nitrogens with one attached hydrogen (secondary N) is 1. The van der Waals surface area contributed by atoms with E-state index in [1.807, 2.05) is 24.3 Å². The van der Waals surface area contributed by atoms with E-state index in [9.17, 15) is 4.79 Å². The van der Waals surface area contributed by atoms with E-state index >= 15 is 0 Å². The molecule has 2 aromatic rings. The van der Waals surface area contributed by atoms with Crippen molar-refractivity contribution in [2.45, 2.75) is 6.54 Å². The number of anilines is 1. The van der Waals surface area contributed by atoms with Gasteiger partial charge in [0, 0.05) is 25.1 Å². The molecule has 6 heteroatoms. The van der Waals surface area contributed by atoms with Crippen LogP contribution in [0.1, 0.15) is 16.1 Å². The Balaban J connectivity index is 2.05. The predicted octanol–water partition coefficient (Wildman–Crippen LogP) is 2.55. The van der Waals surface area contributed by atoms with E-state index in [4.69, 9.17) is 0 Å². The number of amides is 1. The minimum Gasteiger partial charge on any atom is -0.372 e. The molecule has 0 bridgehead atoms. The lowest BCUT2D eigenvalue weighted by Crippen LogP contribution is -2.27. The van der Waals surface area contributed by atoms with Gasteiger partial charge in [-0.05, 0) is 29.8 Å². The first-order valence-corrected chi connectivity index (χ1v) is 6.91. The summed E-state index contributed by atoms with van der Waals surface area (Å²) in [6.45, 7) is 0.529. The van der Waals surface area contributed by atoms with Crippen molar-refractivity contribution in [3.05, 3.63) is 52.1 Å². The summed E-state index contributed by atoms with van der Waals surface area (Å²) in [7, 11) is 3.50. The monoisotopic (exact) mass is 334 g/mol. The molecule has 5 nitrogen and oxygen atoms in total. The first-order valence-electron chi connectivity index (χ1n) is 6.11. The maximum Gasteiger partial charge on any atom is 0.274 e. The maximum atomic E-state index is 12.2. The second-order valence-corrected chi connectivity index (χ2v) is 5.26.